The van der Waals surface area contributed by atoms with E-state index in [0.717, 1.165) is 5.56 Å². The van der Waals surface area contributed by atoms with Gasteiger partial charge < -0.3 is 14.9 Å². The molecule has 0 aliphatic rings. The summed E-state index contributed by atoms with van der Waals surface area (Å²) in [5.41, 5.74) is 2.43. The molecule has 2 rings (SSSR count). The number of halogens is 2. The first-order chi connectivity index (χ1) is 10.1. The third kappa shape index (κ3) is 4.54. The van der Waals surface area contributed by atoms with E-state index >= 15 is 0 Å². The molecule has 0 fully saturated rings. The lowest BCUT2D eigenvalue weighted by atomic mass is 10.1. The Morgan fingerprint density at radius 1 is 1.05 bits per heavy atom. The van der Waals surface area contributed by atoms with Gasteiger partial charge in [-0.25, -0.2) is 0 Å². The number of ether oxygens (including phenoxy) is 1. The van der Waals surface area contributed by atoms with E-state index in [1.54, 1.807) is 18.2 Å². The molecule has 2 aromatic rings. The lowest BCUT2D eigenvalue weighted by molar-refractivity contribution is 0.198. The molecule has 112 valence electrons. The fraction of sp³-hybridized carbons (Fsp3) is 0.250. The SMILES string of the molecule is OCc1cc([C@@H](O)C(Br)Br)ccc1OCc1ccccc1. The highest BCUT2D eigenvalue weighted by Crippen LogP contribution is 2.30. The zero-order valence-electron chi connectivity index (χ0n) is 11.2. The summed E-state index contributed by atoms with van der Waals surface area (Å²) in [6.45, 7) is 0.301. The van der Waals surface area contributed by atoms with Gasteiger partial charge in [0, 0.05) is 5.56 Å². The van der Waals surface area contributed by atoms with Crippen molar-refractivity contribution in [3.63, 3.8) is 0 Å². The van der Waals surface area contributed by atoms with Crippen molar-refractivity contribution in [2.45, 2.75) is 23.1 Å². The molecule has 5 heteroatoms. The monoisotopic (exact) mass is 414 g/mol. The molecule has 0 bridgehead atoms. The van der Waals surface area contributed by atoms with Crippen molar-refractivity contribution in [2.75, 3.05) is 0 Å². The van der Waals surface area contributed by atoms with Gasteiger partial charge in [-0.3, -0.25) is 0 Å². The van der Waals surface area contributed by atoms with Gasteiger partial charge >= 0.3 is 0 Å². The van der Waals surface area contributed by atoms with Crippen LogP contribution in [0.5, 0.6) is 5.75 Å². The topological polar surface area (TPSA) is 49.7 Å². The van der Waals surface area contributed by atoms with Gasteiger partial charge in [0.25, 0.3) is 0 Å². The van der Waals surface area contributed by atoms with E-state index in [1.165, 1.54) is 0 Å². The second kappa shape index (κ2) is 7.94. The van der Waals surface area contributed by atoms with Gasteiger partial charge in [0.05, 0.1) is 10.3 Å². The molecular weight excluding hydrogens is 400 g/mol. The second-order valence-electron chi connectivity index (χ2n) is 4.58. The number of hydrogen-bond donors (Lipinski definition) is 2. The predicted molar refractivity (Wildman–Crippen MR) is 89.7 cm³/mol. The van der Waals surface area contributed by atoms with Crippen molar-refractivity contribution >= 4 is 31.9 Å². The molecule has 1 atom stereocenters. The lowest BCUT2D eigenvalue weighted by Gasteiger charge is -2.16. The number of aliphatic hydroxyl groups is 2. The van der Waals surface area contributed by atoms with E-state index < -0.39 is 6.10 Å². The number of rotatable bonds is 6. The maximum atomic E-state index is 10.0. The Labute approximate surface area is 140 Å². The summed E-state index contributed by atoms with van der Waals surface area (Å²) in [4.78, 5) is 0. The second-order valence-corrected chi connectivity index (χ2v) is 7.78. The van der Waals surface area contributed by atoms with Gasteiger partial charge in [-0.2, -0.15) is 0 Å². The summed E-state index contributed by atoms with van der Waals surface area (Å²) in [5.74, 6) is 0.623. The fourth-order valence-corrected chi connectivity index (χ4v) is 2.54. The van der Waals surface area contributed by atoms with E-state index in [-0.39, 0.29) is 10.3 Å². The standard InChI is InChI=1S/C16H16Br2O3/c17-16(18)15(20)12-6-7-14(13(8-12)9-19)21-10-11-4-2-1-3-5-11/h1-8,15-16,19-20H,9-10H2/t15-/m1/s1. The van der Waals surface area contributed by atoms with E-state index in [0.29, 0.717) is 23.5 Å². The summed E-state index contributed by atoms with van der Waals surface area (Å²) in [6.07, 6.45) is -0.696. The van der Waals surface area contributed by atoms with Crippen LogP contribution in [0, 0.1) is 0 Å². The lowest BCUT2D eigenvalue weighted by Crippen LogP contribution is -2.06. The molecule has 0 aliphatic heterocycles. The first kappa shape index (κ1) is 16.5. The number of aliphatic hydroxyl groups excluding tert-OH is 2. The highest BCUT2D eigenvalue weighted by Gasteiger charge is 2.16. The van der Waals surface area contributed by atoms with Crippen molar-refractivity contribution in [1.29, 1.82) is 0 Å². The Bertz CT molecular complexity index is 573. The molecule has 0 spiro atoms. The Kier molecular flexibility index (Phi) is 6.23. The summed E-state index contributed by atoms with van der Waals surface area (Å²) >= 11 is 6.55. The highest BCUT2D eigenvalue weighted by molar-refractivity contribution is 9.24. The van der Waals surface area contributed by atoms with E-state index in [9.17, 15) is 10.2 Å². The average molecular weight is 416 g/mol. The molecule has 0 amide bonds. The zero-order chi connectivity index (χ0) is 15.2. The van der Waals surface area contributed by atoms with Crippen LogP contribution in [0.3, 0.4) is 0 Å². The van der Waals surface area contributed by atoms with Crippen LogP contribution in [0.1, 0.15) is 22.8 Å². The van der Waals surface area contributed by atoms with Crippen LogP contribution in [0.15, 0.2) is 48.5 Å². The van der Waals surface area contributed by atoms with Crippen LogP contribution in [-0.4, -0.2) is 13.9 Å². The first-order valence-corrected chi connectivity index (χ1v) is 8.31. The average Bonchev–Trinajstić information content (AvgIpc) is 2.53. The van der Waals surface area contributed by atoms with Crippen molar-refractivity contribution in [2.24, 2.45) is 0 Å². The molecule has 3 nitrogen and oxygen atoms in total. The summed E-state index contributed by atoms with van der Waals surface area (Å²) in [7, 11) is 0. The van der Waals surface area contributed by atoms with E-state index in [1.807, 2.05) is 30.3 Å². The van der Waals surface area contributed by atoms with Gasteiger partial charge in [0.1, 0.15) is 18.5 Å². The minimum atomic E-state index is -0.696. The Balaban J connectivity index is 2.13. The third-order valence-electron chi connectivity index (χ3n) is 3.07. The van der Waals surface area contributed by atoms with Crippen LogP contribution in [0.25, 0.3) is 0 Å². The molecule has 2 aromatic carbocycles. The Morgan fingerprint density at radius 2 is 1.76 bits per heavy atom. The minimum Gasteiger partial charge on any atom is -0.489 e. The molecular formula is C16H16Br2O3. The number of benzene rings is 2. The molecule has 2 N–H and O–H groups in total. The van der Waals surface area contributed by atoms with Crippen LogP contribution < -0.4 is 4.74 Å². The van der Waals surface area contributed by atoms with Gasteiger partial charge in [-0.1, -0.05) is 68.3 Å². The van der Waals surface area contributed by atoms with Crippen molar-refractivity contribution in [3.8, 4) is 5.75 Å². The largest absolute Gasteiger partial charge is 0.489 e. The van der Waals surface area contributed by atoms with Crippen LogP contribution in [-0.2, 0) is 13.2 Å². The van der Waals surface area contributed by atoms with Crippen molar-refractivity contribution in [1.82, 2.24) is 0 Å². The summed E-state index contributed by atoms with van der Waals surface area (Å²) in [6, 6.07) is 15.1. The maximum Gasteiger partial charge on any atom is 0.125 e. The van der Waals surface area contributed by atoms with Crippen molar-refractivity contribution in [3.05, 3.63) is 65.2 Å². The Hall–Kier alpha value is -0.880. The van der Waals surface area contributed by atoms with Gasteiger partial charge in [0.2, 0.25) is 0 Å². The molecule has 0 unspecified atom stereocenters. The molecule has 0 aromatic heterocycles. The Morgan fingerprint density at radius 3 is 2.38 bits per heavy atom. The molecule has 0 heterocycles. The quantitative estimate of drug-likeness (QED) is 0.703. The smallest absolute Gasteiger partial charge is 0.125 e. The number of hydrogen-bond acceptors (Lipinski definition) is 3. The van der Waals surface area contributed by atoms with Gasteiger partial charge in [0.15, 0.2) is 0 Å². The normalized spacial score (nSPS) is 12.4. The first-order valence-electron chi connectivity index (χ1n) is 6.48. The maximum absolute atomic E-state index is 10.0. The fourth-order valence-electron chi connectivity index (χ4n) is 1.93. The summed E-state index contributed by atoms with van der Waals surface area (Å²) in [5, 5.41) is 19.5. The van der Waals surface area contributed by atoms with Crippen LogP contribution >= 0.6 is 31.9 Å². The van der Waals surface area contributed by atoms with Crippen molar-refractivity contribution < 1.29 is 14.9 Å². The molecule has 0 radical (unpaired) electrons. The highest BCUT2D eigenvalue weighted by atomic mass is 79.9. The van der Waals surface area contributed by atoms with Gasteiger partial charge in [-0.15, -0.1) is 0 Å². The van der Waals surface area contributed by atoms with Gasteiger partial charge in [-0.05, 0) is 23.3 Å². The van der Waals surface area contributed by atoms with E-state index in [4.69, 9.17) is 4.74 Å². The molecule has 21 heavy (non-hydrogen) atoms. The summed E-state index contributed by atoms with van der Waals surface area (Å²) < 4.78 is 5.50. The number of alkyl halides is 2. The zero-order valence-corrected chi connectivity index (χ0v) is 14.4. The molecule has 0 saturated heterocycles. The third-order valence-corrected chi connectivity index (χ3v) is 4.07. The van der Waals surface area contributed by atoms with Crippen LogP contribution in [0.4, 0.5) is 0 Å². The van der Waals surface area contributed by atoms with Crippen LogP contribution in [0.2, 0.25) is 0 Å². The minimum absolute atomic E-state index is 0.139. The molecule has 0 aliphatic carbocycles. The van der Waals surface area contributed by atoms with E-state index in [2.05, 4.69) is 31.9 Å². The molecule has 0 saturated carbocycles. The predicted octanol–water partition coefficient (Wildman–Crippen LogP) is 3.91.